The summed E-state index contributed by atoms with van der Waals surface area (Å²) in [6.45, 7) is 0. The minimum absolute atomic E-state index is 0.109. The molecule has 2 bridgehead atoms. The molecule has 3 rings (SSSR count). The second-order valence-corrected chi connectivity index (χ2v) is 5.32. The molecular formula is C11H10INO2. The van der Waals surface area contributed by atoms with Crippen molar-refractivity contribution in [1.29, 1.82) is 0 Å². The topological polar surface area (TPSA) is 40.5 Å². The summed E-state index contributed by atoms with van der Waals surface area (Å²) >= 11 is 2.27. The molecule has 0 saturated carbocycles. The maximum Gasteiger partial charge on any atom is 0.408 e. The van der Waals surface area contributed by atoms with E-state index in [2.05, 4.69) is 40.8 Å². The van der Waals surface area contributed by atoms with Crippen LogP contribution in [0.5, 0.6) is 0 Å². The van der Waals surface area contributed by atoms with Crippen LogP contribution in [-0.4, -0.2) is 16.1 Å². The fourth-order valence-electron chi connectivity index (χ4n) is 2.83. The Labute approximate surface area is 101 Å². The zero-order valence-electron chi connectivity index (χ0n) is 7.98. The Kier molecular flexibility index (Phi) is 1.95. The molecule has 0 spiro atoms. The fourth-order valence-corrected chi connectivity index (χ4v) is 3.34. The van der Waals surface area contributed by atoms with Crippen LogP contribution in [0.3, 0.4) is 0 Å². The Morgan fingerprint density at radius 2 is 2.00 bits per heavy atom. The summed E-state index contributed by atoms with van der Waals surface area (Å²) in [6.07, 6.45) is 1.17. The lowest BCUT2D eigenvalue weighted by molar-refractivity contribution is 0.130. The highest BCUT2D eigenvalue weighted by Crippen LogP contribution is 2.53. The lowest BCUT2D eigenvalue weighted by Crippen LogP contribution is -2.25. The Morgan fingerprint density at radius 1 is 1.33 bits per heavy atom. The van der Waals surface area contributed by atoms with E-state index in [0.717, 1.165) is 12.8 Å². The van der Waals surface area contributed by atoms with E-state index in [9.17, 15) is 4.79 Å². The second kappa shape index (κ2) is 3.10. The number of hydrogen-bond donors (Lipinski definition) is 1. The number of rotatable bonds is 0. The maximum atomic E-state index is 11.1. The third-order valence-electron chi connectivity index (χ3n) is 3.37. The molecule has 1 aromatic carbocycles. The molecular weight excluding hydrogens is 305 g/mol. The summed E-state index contributed by atoms with van der Waals surface area (Å²) in [5.41, 5.74) is 2.44. The highest BCUT2D eigenvalue weighted by atomic mass is 127. The average molecular weight is 315 g/mol. The Balaban J connectivity index is 2.13. The van der Waals surface area contributed by atoms with E-state index in [1.54, 1.807) is 4.90 Å². The molecule has 1 aromatic rings. The average Bonchev–Trinajstić information content (AvgIpc) is 2.72. The van der Waals surface area contributed by atoms with Crippen LogP contribution < -0.4 is 0 Å². The predicted octanol–water partition coefficient (Wildman–Crippen LogP) is 3.16. The molecule has 2 atom stereocenters. The zero-order chi connectivity index (χ0) is 10.6. The summed E-state index contributed by atoms with van der Waals surface area (Å²) in [5.74, 6) is 0. The number of halogens is 1. The van der Waals surface area contributed by atoms with Crippen LogP contribution >= 0.6 is 22.6 Å². The normalized spacial score (nSPS) is 26.9. The van der Waals surface area contributed by atoms with Crippen LogP contribution in [0, 0.1) is 3.57 Å². The monoisotopic (exact) mass is 315 g/mol. The molecule has 0 aliphatic carbocycles. The third kappa shape index (κ3) is 1.20. The molecule has 15 heavy (non-hydrogen) atoms. The fraction of sp³-hybridized carbons (Fsp3) is 0.364. The summed E-state index contributed by atoms with van der Waals surface area (Å²) in [7, 11) is 0. The van der Waals surface area contributed by atoms with Gasteiger partial charge in [0.25, 0.3) is 0 Å². The molecule has 1 N–H and O–H groups in total. The molecule has 2 unspecified atom stereocenters. The molecule has 2 aliphatic rings. The Morgan fingerprint density at radius 3 is 2.67 bits per heavy atom. The van der Waals surface area contributed by atoms with Gasteiger partial charge in [-0.25, -0.2) is 4.79 Å². The first-order valence-corrected chi connectivity index (χ1v) is 6.07. The molecule has 1 fully saturated rings. The van der Waals surface area contributed by atoms with Crippen molar-refractivity contribution in [2.24, 2.45) is 0 Å². The van der Waals surface area contributed by atoms with E-state index in [1.165, 1.54) is 14.7 Å². The van der Waals surface area contributed by atoms with Gasteiger partial charge in [-0.15, -0.1) is 0 Å². The van der Waals surface area contributed by atoms with E-state index in [0.29, 0.717) is 0 Å². The number of nitrogens with zero attached hydrogens (tertiary/aromatic N) is 1. The quantitative estimate of drug-likeness (QED) is 0.747. The highest BCUT2D eigenvalue weighted by molar-refractivity contribution is 14.1. The Hall–Kier alpha value is -0.780. The van der Waals surface area contributed by atoms with Crippen LogP contribution in [0.2, 0.25) is 0 Å². The molecule has 0 radical (unpaired) electrons. The molecule has 2 heterocycles. The van der Waals surface area contributed by atoms with Gasteiger partial charge in [0, 0.05) is 3.57 Å². The van der Waals surface area contributed by atoms with Gasteiger partial charge >= 0.3 is 6.09 Å². The summed E-state index contributed by atoms with van der Waals surface area (Å²) in [6, 6.07) is 6.48. The molecule has 78 valence electrons. The van der Waals surface area contributed by atoms with Gasteiger partial charge in [-0.2, -0.15) is 0 Å². The first-order chi connectivity index (χ1) is 7.18. The summed E-state index contributed by atoms with van der Waals surface area (Å²) in [5, 5.41) is 9.16. The SMILES string of the molecule is O=C(O)N1C2CCC1c1cc(I)ccc12. The van der Waals surface area contributed by atoms with Crippen molar-refractivity contribution < 1.29 is 9.90 Å². The molecule has 2 aliphatic heterocycles. The third-order valence-corrected chi connectivity index (χ3v) is 4.04. The number of hydrogen-bond acceptors (Lipinski definition) is 1. The molecule has 1 amide bonds. The second-order valence-electron chi connectivity index (χ2n) is 4.07. The van der Waals surface area contributed by atoms with Crippen molar-refractivity contribution in [3.8, 4) is 0 Å². The minimum atomic E-state index is -0.784. The van der Waals surface area contributed by atoms with Gasteiger partial charge in [-0.1, -0.05) is 6.07 Å². The van der Waals surface area contributed by atoms with Crippen molar-refractivity contribution >= 4 is 28.7 Å². The van der Waals surface area contributed by atoms with Crippen molar-refractivity contribution in [1.82, 2.24) is 4.90 Å². The highest BCUT2D eigenvalue weighted by Gasteiger charge is 2.46. The van der Waals surface area contributed by atoms with Crippen LogP contribution in [0.4, 0.5) is 4.79 Å². The molecule has 0 aromatic heterocycles. The van der Waals surface area contributed by atoms with Crippen LogP contribution in [0.15, 0.2) is 18.2 Å². The van der Waals surface area contributed by atoms with E-state index >= 15 is 0 Å². The predicted molar refractivity (Wildman–Crippen MR) is 63.7 cm³/mol. The zero-order valence-corrected chi connectivity index (χ0v) is 10.1. The lowest BCUT2D eigenvalue weighted by atomic mass is 9.92. The van der Waals surface area contributed by atoms with Crippen molar-refractivity contribution in [3.05, 3.63) is 32.9 Å². The largest absolute Gasteiger partial charge is 0.465 e. The minimum Gasteiger partial charge on any atom is -0.465 e. The maximum absolute atomic E-state index is 11.1. The number of carbonyl (C=O) groups is 1. The number of amides is 1. The van der Waals surface area contributed by atoms with Crippen LogP contribution in [0.25, 0.3) is 0 Å². The summed E-state index contributed by atoms with van der Waals surface area (Å²) < 4.78 is 1.18. The van der Waals surface area contributed by atoms with Gasteiger partial charge < -0.3 is 5.11 Å². The van der Waals surface area contributed by atoms with Crippen LogP contribution in [-0.2, 0) is 0 Å². The first kappa shape index (κ1) is 9.45. The van der Waals surface area contributed by atoms with E-state index in [4.69, 9.17) is 5.11 Å². The van der Waals surface area contributed by atoms with Crippen molar-refractivity contribution in [2.45, 2.75) is 24.9 Å². The molecule has 4 heteroatoms. The van der Waals surface area contributed by atoms with Crippen molar-refractivity contribution in [3.63, 3.8) is 0 Å². The summed E-state index contributed by atoms with van der Waals surface area (Å²) in [4.78, 5) is 12.8. The van der Waals surface area contributed by atoms with Gasteiger partial charge in [0.15, 0.2) is 0 Å². The smallest absolute Gasteiger partial charge is 0.408 e. The van der Waals surface area contributed by atoms with Gasteiger partial charge in [0.2, 0.25) is 0 Å². The lowest BCUT2D eigenvalue weighted by Gasteiger charge is -2.17. The van der Waals surface area contributed by atoms with Gasteiger partial charge in [0.1, 0.15) is 0 Å². The molecule has 3 nitrogen and oxygen atoms in total. The van der Waals surface area contributed by atoms with E-state index in [-0.39, 0.29) is 12.1 Å². The Bertz CT molecular complexity index is 446. The van der Waals surface area contributed by atoms with Gasteiger partial charge in [0.05, 0.1) is 12.1 Å². The number of fused-ring (bicyclic) bond motifs is 5. The standard InChI is InChI=1S/C11H10INO2/c12-6-1-2-7-8(5-6)10-4-3-9(7)13(10)11(14)15/h1-2,5,9-10H,3-4H2,(H,14,15). The van der Waals surface area contributed by atoms with Crippen LogP contribution in [0.1, 0.15) is 36.1 Å². The van der Waals surface area contributed by atoms with Gasteiger partial charge in [-0.3, -0.25) is 4.90 Å². The first-order valence-electron chi connectivity index (χ1n) is 4.99. The van der Waals surface area contributed by atoms with E-state index < -0.39 is 6.09 Å². The van der Waals surface area contributed by atoms with Gasteiger partial charge in [-0.05, 0) is 58.7 Å². The number of carboxylic acid groups (broad SMARTS) is 1. The van der Waals surface area contributed by atoms with Crippen molar-refractivity contribution in [2.75, 3.05) is 0 Å². The van der Waals surface area contributed by atoms with E-state index in [1.807, 2.05) is 0 Å². The molecule has 1 saturated heterocycles. The number of benzene rings is 1.